The molecule has 0 spiro atoms. The Hall–Kier alpha value is -5.64. The standard InChI is InChI=1S/C36H29N3O7/c40-33-25-15-7-8-16-26(25)34(41)38(33)31-21-27-24(17-9-19-29(27)39(44)45)28-18-10-20-30(37(28)35(31)42)36(43)46-32(22-11-3-1-4-12-22)23-13-5-2-6-14-23/h1-9,11-17,19,28,30-32H,10,18,20-21H2. The zero-order valence-electron chi connectivity index (χ0n) is 24.7. The number of ether oxygens (including phenoxy) is 1. The predicted octanol–water partition coefficient (Wildman–Crippen LogP) is 5.57. The van der Waals surface area contributed by atoms with E-state index in [4.69, 9.17) is 4.74 Å². The van der Waals surface area contributed by atoms with Gasteiger partial charge in [0.05, 0.1) is 22.1 Å². The zero-order valence-corrected chi connectivity index (χ0v) is 24.7. The van der Waals surface area contributed by atoms with Crippen LogP contribution in [0.4, 0.5) is 5.69 Å². The Balaban J connectivity index is 1.31. The molecule has 3 atom stereocenters. The molecule has 0 aromatic heterocycles. The van der Waals surface area contributed by atoms with Gasteiger partial charge in [-0.1, -0.05) is 84.9 Å². The summed E-state index contributed by atoms with van der Waals surface area (Å²) in [5.74, 6) is -2.56. The first-order chi connectivity index (χ1) is 22.3. The summed E-state index contributed by atoms with van der Waals surface area (Å²) < 4.78 is 6.22. The molecule has 3 unspecified atom stereocenters. The van der Waals surface area contributed by atoms with Crippen LogP contribution in [0.3, 0.4) is 0 Å². The topological polar surface area (TPSA) is 127 Å². The van der Waals surface area contributed by atoms with E-state index in [1.807, 2.05) is 60.7 Å². The molecule has 3 amide bonds. The first kappa shape index (κ1) is 29.1. The number of nitro groups is 1. The van der Waals surface area contributed by atoms with E-state index in [0.717, 1.165) is 16.0 Å². The van der Waals surface area contributed by atoms with E-state index in [9.17, 15) is 29.3 Å². The maximum absolute atomic E-state index is 14.7. The number of hydrogen-bond donors (Lipinski definition) is 0. The minimum atomic E-state index is -1.40. The molecule has 46 heavy (non-hydrogen) atoms. The summed E-state index contributed by atoms with van der Waals surface area (Å²) in [6.07, 6.45) is 0.283. The molecule has 0 bridgehead atoms. The third-order valence-corrected chi connectivity index (χ3v) is 9.15. The lowest BCUT2D eigenvalue weighted by atomic mass is 9.88. The first-order valence-corrected chi connectivity index (χ1v) is 15.2. The number of hydrogen-bond acceptors (Lipinski definition) is 7. The number of fused-ring (bicyclic) bond motifs is 4. The molecule has 0 radical (unpaired) electrons. The van der Waals surface area contributed by atoms with Crippen molar-refractivity contribution in [2.45, 2.75) is 49.9 Å². The SMILES string of the molecule is O=C(OC(c1ccccc1)c1ccccc1)C1CCCC2c3cccc([N+](=O)[O-])c3CC(N3C(=O)c4ccccc4C3=O)C(=O)N12. The first-order valence-electron chi connectivity index (χ1n) is 15.2. The molecule has 3 heterocycles. The highest BCUT2D eigenvalue weighted by Crippen LogP contribution is 2.44. The van der Waals surface area contributed by atoms with Crippen molar-refractivity contribution in [3.8, 4) is 0 Å². The fraction of sp³-hybridized carbons (Fsp3) is 0.222. The molecule has 0 N–H and O–H groups in total. The molecule has 3 aliphatic heterocycles. The number of benzene rings is 4. The van der Waals surface area contributed by atoms with E-state index in [2.05, 4.69) is 0 Å². The smallest absolute Gasteiger partial charge is 0.329 e. The van der Waals surface area contributed by atoms with Crippen LogP contribution in [0.1, 0.15) is 74.4 Å². The van der Waals surface area contributed by atoms with Crippen molar-refractivity contribution in [1.29, 1.82) is 0 Å². The third kappa shape index (κ3) is 4.82. The monoisotopic (exact) mass is 615 g/mol. The van der Waals surface area contributed by atoms with Gasteiger partial charge < -0.3 is 9.64 Å². The average Bonchev–Trinajstić information content (AvgIpc) is 3.26. The third-order valence-electron chi connectivity index (χ3n) is 9.15. The molecule has 3 aliphatic rings. The number of rotatable bonds is 6. The highest BCUT2D eigenvalue weighted by molar-refractivity contribution is 6.23. The van der Waals surface area contributed by atoms with E-state index < -0.39 is 52.8 Å². The molecular weight excluding hydrogens is 586 g/mol. The molecular formula is C36H29N3O7. The fourth-order valence-corrected chi connectivity index (χ4v) is 7.07. The van der Waals surface area contributed by atoms with Crippen LogP contribution in [0, 0.1) is 10.1 Å². The van der Waals surface area contributed by atoms with Gasteiger partial charge in [-0.05, 0) is 48.1 Å². The number of carbonyl (C=O) groups is 4. The van der Waals surface area contributed by atoms with Crippen molar-refractivity contribution in [3.05, 3.63) is 147 Å². The van der Waals surface area contributed by atoms with Crippen LogP contribution in [0.5, 0.6) is 0 Å². The average molecular weight is 616 g/mol. The molecule has 1 fully saturated rings. The molecule has 0 saturated carbocycles. The highest BCUT2D eigenvalue weighted by Gasteiger charge is 2.51. The van der Waals surface area contributed by atoms with Crippen LogP contribution in [0.25, 0.3) is 0 Å². The lowest BCUT2D eigenvalue weighted by Gasteiger charge is -2.42. The summed E-state index contributed by atoms with van der Waals surface area (Å²) in [5, 5.41) is 12.2. The van der Waals surface area contributed by atoms with Gasteiger partial charge in [0.15, 0.2) is 6.10 Å². The normalized spacial score (nSPS) is 20.5. The number of amides is 3. The van der Waals surface area contributed by atoms with E-state index in [0.29, 0.717) is 18.4 Å². The van der Waals surface area contributed by atoms with E-state index >= 15 is 0 Å². The van der Waals surface area contributed by atoms with Crippen molar-refractivity contribution in [1.82, 2.24) is 9.80 Å². The molecule has 230 valence electrons. The summed E-state index contributed by atoms with van der Waals surface area (Å²) in [4.78, 5) is 70.2. The number of piperidine rings is 1. The van der Waals surface area contributed by atoms with Gasteiger partial charge in [-0.2, -0.15) is 0 Å². The minimum Gasteiger partial charge on any atom is -0.451 e. The maximum atomic E-state index is 14.7. The summed E-state index contributed by atoms with van der Waals surface area (Å²) in [6, 6.07) is 26.4. The van der Waals surface area contributed by atoms with Crippen molar-refractivity contribution in [2.75, 3.05) is 0 Å². The van der Waals surface area contributed by atoms with Crippen LogP contribution < -0.4 is 0 Å². The summed E-state index contributed by atoms with van der Waals surface area (Å²) in [6.45, 7) is 0. The van der Waals surface area contributed by atoms with Crippen LogP contribution in [-0.4, -0.2) is 50.5 Å². The van der Waals surface area contributed by atoms with Gasteiger partial charge >= 0.3 is 5.97 Å². The second-order valence-corrected chi connectivity index (χ2v) is 11.7. The molecule has 10 heteroatoms. The van der Waals surface area contributed by atoms with Crippen molar-refractivity contribution >= 4 is 29.4 Å². The number of nitro benzene ring substituents is 1. The second-order valence-electron chi connectivity index (χ2n) is 11.7. The van der Waals surface area contributed by atoms with Crippen LogP contribution in [0.2, 0.25) is 0 Å². The summed E-state index contributed by atoms with van der Waals surface area (Å²) in [7, 11) is 0. The lowest BCUT2D eigenvalue weighted by molar-refractivity contribution is -0.385. The van der Waals surface area contributed by atoms with Crippen LogP contribution >= 0.6 is 0 Å². The number of imide groups is 1. The Morgan fingerprint density at radius 3 is 1.93 bits per heavy atom. The van der Waals surface area contributed by atoms with Crippen molar-refractivity contribution in [2.24, 2.45) is 0 Å². The highest BCUT2D eigenvalue weighted by atomic mass is 16.6. The molecule has 1 saturated heterocycles. The Labute approximate surface area is 264 Å². The Kier molecular flexibility index (Phi) is 7.40. The van der Waals surface area contributed by atoms with Gasteiger partial charge in [0.1, 0.15) is 12.1 Å². The van der Waals surface area contributed by atoms with E-state index in [-0.39, 0.29) is 35.2 Å². The van der Waals surface area contributed by atoms with Gasteiger partial charge in [0.25, 0.3) is 17.5 Å². The molecule has 7 rings (SSSR count). The molecule has 10 nitrogen and oxygen atoms in total. The molecule has 4 aromatic carbocycles. The van der Waals surface area contributed by atoms with Crippen molar-refractivity contribution < 1.29 is 28.8 Å². The fourth-order valence-electron chi connectivity index (χ4n) is 7.07. The van der Waals surface area contributed by atoms with Gasteiger partial charge in [-0.25, -0.2) is 4.79 Å². The zero-order chi connectivity index (χ0) is 31.9. The summed E-state index contributed by atoms with van der Waals surface area (Å²) >= 11 is 0. The lowest BCUT2D eigenvalue weighted by Crippen LogP contribution is -2.57. The molecule has 4 aromatic rings. The maximum Gasteiger partial charge on any atom is 0.329 e. The number of carbonyl (C=O) groups excluding carboxylic acids is 4. The Morgan fingerprint density at radius 1 is 0.761 bits per heavy atom. The second kappa shape index (κ2) is 11.7. The molecule has 0 aliphatic carbocycles. The largest absolute Gasteiger partial charge is 0.451 e. The summed E-state index contributed by atoms with van der Waals surface area (Å²) in [5.41, 5.74) is 2.42. The van der Waals surface area contributed by atoms with Crippen molar-refractivity contribution in [3.63, 3.8) is 0 Å². The van der Waals surface area contributed by atoms with Crippen LogP contribution in [-0.2, 0) is 20.7 Å². The Morgan fingerprint density at radius 2 is 1.35 bits per heavy atom. The Bertz CT molecular complexity index is 1800. The quantitative estimate of drug-likeness (QED) is 0.120. The minimum absolute atomic E-state index is 0.159. The number of esters is 1. The van der Waals surface area contributed by atoms with Gasteiger partial charge in [0, 0.05) is 18.1 Å². The van der Waals surface area contributed by atoms with E-state index in [1.54, 1.807) is 24.3 Å². The predicted molar refractivity (Wildman–Crippen MR) is 166 cm³/mol. The van der Waals surface area contributed by atoms with Gasteiger partial charge in [0.2, 0.25) is 5.91 Å². The van der Waals surface area contributed by atoms with E-state index in [1.165, 1.54) is 23.1 Å². The van der Waals surface area contributed by atoms with Gasteiger partial charge in [-0.15, -0.1) is 0 Å². The van der Waals surface area contributed by atoms with Gasteiger partial charge in [-0.3, -0.25) is 29.4 Å². The number of nitrogens with zero attached hydrogens (tertiary/aromatic N) is 3. The van der Waals surface area contributed by atoms with Crippen LogP contribution in [0.15, 0.2) is 103 Å².